The molecule has 3 rings (SSSR count). The van der Waals surface area contributed by atoms with Gasteiger partial charge in [0.15, 0.2) is 0 Å². The summed E-state index contributed by atoms with van der Waals surface area (Å²) in [6.07, 6.45) is 5.29. The van der Waals surface area contributed by atoms with Crippen LogP contribution in [0.5, 0.6) is 0 Å². The predicted octanol–water partition coefficient (Wildman–Crippen LogP) is 0.823. The topological polar surface area (TPSA) is 52.7 Å². The largest absolute Gasteiger partial charge is 0.314 e. The van der Waals surface area contributed by atoms with E-state index in [0.717, 1.165) is 38.8 Å². The van der Waals surface area contributed by atoms with E-state index in [2.05, 4.69) is 5.32 Å². The lowest BCUT2D eigenvalue weighted by Crippen LogP contribution is -2.52. The van der Waals surface area contributed by atoms with Gasteiger partial charge in [-0.25, -0.2) is 0 Å². The lowest BCUT2D eigenvalue weighted by molar-refractivity contribution is 0.224. The van der Waals surface area contributed by atoms with Crippen LogP contribution in [0, 0.1) is 5.92 Å². The van der Waals surface area contributed by atoms with Crippen LogP contribution in [0.15, 0.2) is 0 Å². The Balaban J connectivity index is 0.00000133. The highest BCUT2D eigenvalue weighted by Gasteiger charge is 2.39. The number of halogens is 1. The summed E-state index contributed by atoms with van der Waals surface area (Å²) in [6.45, 7) is 3.88. The number of nitrogens with zero attached hydrogens (tertiary/aromatic N) is 2. The Labute approximate surface area is 122 Å². The summed E-state index contributed by atoms with van der Waals surface area (Å²) in [5, 5.41) is 3.47. The molecule has 7 heteroatoms. The summed E-state index contributed by atoms with van der Waals surface area (Å²) in [5.74, 6) is 0.526. The second-order valence-electron chi connectivity index (χ2n) is 5.72. The fourth-order valence-corrected chi connectivity index (χ4v) is 5.24. The molecule has 0 aromatic carbocycles. The fraction of sp³-hybridized carbons (Fsp3) is 1.00. The third kappa shape index (κ3) is 3.08. The molecule has 19 heavy (non-hydrogen) atoms. The van der Waals surface area contributed by atoms with Crippen LogP contribution in [-0.2, 0) is 10.2 Å². The Kier molecular flexibility index (Phi) is 5.11. The smallest absolute Gasteiger partial charge is 0.281 e. The third-order valence-electron chi connectivity index (χ3n) is 4.59. The average Bonchev–Trinajstić information content (AvgIpc) is 2.87. The maximum atomic E-state index is 12.6. The van der Waals surface area contributed by atoms with Gasteiger partial charge in [-0.05, 0) is 38.1 Å². The van der Waals surface area contributed by atoms with Crippen molar-refractivity contribution in [3.8, 4) is 0 Å². The van der Waals surface area contributed by atoms with Crippen LogP contribution in [0.4, 0.5) is 0 Å². The Morgan fingerprint density at radius 2 is 1.68 bits per heavy atom. The molecule has 1 N–H and O–H groups in total. The van der Waals surface area contributed by atoms with Crippen molar-refractivity contribution in [1.29, 1.82) is 0 Å². The van der Waals surface area contributed by atoms with E-state index in [-0.39, 0.29) is 12.4 Å². The summed E-state index contributed by atoms with van der Waals surface area (Å²) >= 11 is 0. The molecule has 0 aromatic rings. The van der Waals surface area contributed by atoms with Crippen molar-refractivity contribution in [3.05, 3.63) is 0 Å². The Morgan fingerprint density at radius 1 is 0.947 bits per heavy atom. The minimum atomic E-state index is -3.18. The molecule has 3 aliphatic heterocycles. The Bertz CT molecular complexity index is 398. The van der Waals surface area contributed by atoms with Gasteiger partial charge in [0, 0.05) is 32.2 Å². The molecular formula is C12H24ClN3O2S. The van der Waals surface area contributed by atoms with Gasteiger partial charge in [-0.15, -0.1) is 12.4 Å². The lowest BCUT2D eigenvalue weighted by Gasteiger charge is -2.38. The van der Waals surface area contributed by atoms with E-state index in [9.17, 15) is 8.42 Å². The molecule has 0 saturated carbocycles. The van der Waals surface area contributed by atoms with Crippen LogP contribution in [0.2, 0.25) is 0 Å². The zero-order valence-electron chi connectivity index (χ0n) is 11.3. The van der Waals surface area contributed by atoms with Gasteiger partial charge >= 0.3 is 0 Å². The fourth-order valence-electron chi connectivity index (χ4n) is 3.48. The van der Waals surface area contributed by atoms with Crippen molar-refractivity contribution in [1.82, 2.24) is 13.9 Å². The van der Waals surface area contributed by atoms with Crippen LogP contribution >= 0.6 is 12.4 Å². The van der Waals surface area contributed by atoms with Crippen LogP contribution in [0.25, 0.3) is 0 Å². The molecule has 2 atom stereocenters. The zero-order chi connectivity index (χ0) is 12.6. The monoisotopic (exact) mass is 309 g/mol. The number of hydrogen-bond acceptors (Lipinski definition) is 3. The molecule has 112 valence electrons. The van der Waals surface area contributed by atoms with Crippen LogP contribution in [0.1, 0.15) is 32.1 Å². The molecule has 3 aliphatic rings. The molecule has 0 aromatic heterocycles. The minimum absolute atomic E-state index is 0. The number of nitrogens with one attached hydrogen (secondary N) is 1. The standard InChI is InChI=1S/C12H23N3O2S.ClH/c16-18(17,14-7-2-1-3-8-14)15-9-5-12-11(10-15)4-6-13-12;/h11-13H,1-10H2;1H. The van der Waals surface area contributed by atoms with Crippen molar-refractivity contribution < 1.29 is 8.42 Å². The van der Waals surface area contributed by atoms with Gasteiger partial charge in [-0.1, -0.05) is 6.42 Å². The zero-order valence-corrected chi connectivity index (χ0v) is 12.9. The highest BCUT2D eigenvalue weighted by atomic mass is 35.5. The predicted molar refractivity (Wildman–Crippen MR) is 77.7 cm³/mol. The summed E-state index contributed by atoms with van der Waals surface area (Å²) < 4.78 is 28.5. The van der Waals surface area contributed by atoms with Gasteiger partial charge < -0.3 is 5.32 Å². The summed E-state index contributed by atoms with van der Waals surface area (Å²) in [5.41, 5.74) is 0. The Hall–Kier alpha value is 0.120. The number of piperidine rings is 2. The van der Waals surface area contributed by atoms with Crippen LogP contribution in [0.3, 0.4) is 0 Å². The Morgan fingerprint density at radius 3 is 2.42 bits per heavy atom. The van der Waals surface area contributed by atoms with E-state index < -0.39 is 10.2 Å². The van der Waals surface area contributed by atoms with E-state index >= 15 is 0 Å². The van der Waals surface area contributed by atoms with Crippen LogP contribution < -0.4 is 5.32 Å². The highest BCUT2D eigenvalue weighted by molar-refractivity contribution is 7.86. The third-order valence-corrected chi connectivity index (χ3v) is 6.59. The maximum absolute atomic E-state index is 12.6. The van der Waals surface area contributed by atoms with E-state index in [1.54, 1.807) is 8.61 Å². The molecule has 2 unspecified atom stereocenters. The van der Waals surface area contributed by atoms with Crippen molar-refractivity contribution in [2.75, 3.05) is 32.7 Å². The van der Waals surface area contributed by atoms with E-state index in [4.69, 9.17) is 0 Å². The SMILES string of the molecule is Cl.O=S(=O)(N1CCCCC1)N1CCC2NCCC2C1. The number of fused-ring (bicyclic) bond motifs is 1. The van der Waals surface area contributed by atoms with Crippen molar-refractivity contribution in [3.63, 3.8) is 0 Å². The molecule has 0 radical (unpaired) electrons. The van der Waals surface area contributed by atoms with E-state index in [0.29, 0.717) is 31.6 Å². The molecule has 3 fully saturated rings. The first-order valence-corrected chi connectivity index (χ1v) is 8.56. The van der Waals surface area contributed by atoms with E-state index in [1.807, 2.05) is 0 Å². The molecule has 0 bridgehead atoms. The second-order valence-corrected chi connectivity index (χ2v) is 7.65. The molecule has 3 saturated heterocycles. The number of hydrogen-bond donors (Lipinski definition) is 1. The van der Waals surface area contributed by atoms with Crippen molar-refractivity contribution in [2.45, 2.75) is 38.1 Å². The minimum Gasteiger partial charge on any atom is -0.314 e. The van der Waals surface area contributed by atoms with Crippen molar-refractivity contribution in [2.24, 2.45) is 5.92 Å². The molecule has 0 amide bonds. The van der Waals surface area contributed by atoms with Gasteiger partial charge in [0.1, 0.15) is 0 Å². The molecule has 0 aliphatic carbocycles. The molecule has 0 spiro atoms. The highest BCUT2D eigenvalue weighted by Crippen LogP contribution is 2.28. The maximum Gasteiger partial charge on any atom is 0.281 e. The summed E-state index contributed by atoms with van der Waals surface area (Å²) in [7, 11) is -3.18. The van der Waals surface area contributed by atoms with Gasteiger partial charge in [0.25, 0.3) is 10.2 Å². The summed E-state index contributed by atoms with van der Waals surface area (Å²) in [4.78, 5) is 0. The molecular weight excluding hydrogens is 286 g/mol. The normalized spacial score (nSPS) is 33.7. The first-order valence-electron chi connectivity index (χ1n) is 7.16. The molecule has 5 nitrogen and oxygen atoms in total. The average molecular weight is 310 g/mol. The second kappa shape index (κ2) is 6.26. The van der Waals surface area contributed by atoms with Crippen molar-refractivity contribution >= 4 is 22.6 Å². The summed E-state index contributed by atoms with van der Waals surface area (Å²) in [6, 6.07) is 0.554. The van der Waals surface area contributed by atoms with Gasteiger partial charge in [0.2, 0.25) is 0 Å². The van der Waals surface area contributed by atoms with Gasteiger partial charge in [0.05, 0.1) is 0 Å². The first kappa shape index (κ1) is 15.5. The lowest BCUT2D eigenvalue weighted by atomic mass is 9.95. The first-order chi connectivity index (χ1) is 8.68. The van der Waals surface area contributed by atoms with Crippen LogP contribution in [-0.4, -0.2) is 55.8 Å². The van der Waals surface area contributed by atoms with E-state index in [1.165, 1.54) is 6.42 Å². The van der Waals surface area contributed by atoms with Gasteiger partial charge in [-0.2, -0.15) is 17.0 Å². The van der Waals surface area contributed by atoms with Gasteiger partial charge in [-0.3, -0.25) is 0 Å². The molecule has 3 heterocycles. The quantitative estimate of drug-likeness (QED) is 0.822. The number of rotatable bonds is 2.